The van der Waals surface area contributed by atoms with Crippen LogP contribution < -0.4 is 10.1 Å². The average Bonchev–Trinajstić information content (AvgIpc) is 2.73. The van der Waals surface area contributed by atoms with Gasteiger partial charge in [0.1, 0.15) is 5.75 Å². The van der Waals surface area contributed by atoms with Gasteiger partial charge in [0.2, 0.25) is 10.0 Å². The SMILES string of the molecule is CC(C)Oc1ccc(CNC(=O)c2cccc(S(=O)(=O)N3CCN(C)CC3)c2)cc1. The molecule has 162 valence electrons. The van der Waals surface area contributed by atoms with Gasteiger partial charge in [-0.15, -0.1) is 0 Å². The van der Waals surface area contributed by atoms with Gasteiger partial charge in [-0.3, -0.25) is 4.79 Å². The predicted octanol–water partition coefficient (Wildman–Crippen LogP) is 2.34. The molecule has 0 radical (unpaired) electrons. The van der Waals surface area contributed by atoms with Crippen LogP contribution in [0, 0.1) is 0 Å². The molecule has 0 bridgehead atoms. The van der Waals surface area contributed by atoms with E-state index < -0.39 is 10.0 Å². The number of sulfonamides is 1. The van der Waals surface area contributed by atoms with Crippen LogP contribution in [0.5, 0.6) is 5.75 Å². The van der Waals surface area contributed by atoms with Crippen LogP contribution in [-0.4, -0.2) is 62.9 Å². The van der Waals surface area contributed by atoms with Crippen LogP contribution in [0.1, 0.15) is 29.8 Å². The molecule has 1 heterocycles. The molecule has 0 aliphatic carbocycles. The molecule has 1 saturated heterocycles. The first-order valence-electron chi connectivity index (χ1n) is 10.1. The highest BCUT2D eigenvalue weighted by molar-refractivity contribution is 7.89. The van der Waals surface area contributed by atoms with Gasteiger partial charge in [0.25, 0.3) is 5.91 Å². The molecular weight excluding hydrogens is 402 g/mol. The number of carbonyl (C=O) groups excluding carboxylic acids is 1. The lowest BCUT2D eigenvalue weighted by molar-refractivity contribution is 0.0950. The quantitative estimate of drug-likeness (QED) is 0.728. The van der Waals surface area contributed by atoms with Crippen molar-refractivity contribution in [2.75, 3.05) is 33.2 Å². The number of rotatable bonds is 7. The van der Waals surface area contributed by atoms with Gasteiger partial charge in [0.15, 0.2) is 0 Å². The van der Waals surface area contributed by atoms with Gasteiger partial charge in [0.05, 0.1) is 11.0 Å². The molecule has 0 unspecified atom stereocenters. The van der Waals surface area contributed by atoms with Crippen molar-refractivity contribution in [3.05, 3.63) is 59.7 Å². The molecule has 8 heteroatoms. The topological polar surface area (TPSA) is 78.9 Å². The van der Waals surface area contributed by atoms with Crippen LogP contribution in [0.2, 0.25) is 0 Å². The Hall–Kier alpha value is -2.42. The third-order valence-electron chi connectivity index (χ3n) is 4.94. The van der Waals surface area contributed by atoms with E-state index in [1.54, 1.807) is 12.1 Å². The van der Waals surface area contributed by atoms with E-state index in [2.05, 4.69) is 10.2 Å². The molecule has 7 nitrogen and oxygen atoms in total. The zero-order chi connectivity index (χ0) is 21.7. The Morgan fingerprint density at radius 3 is 2.37 bits per heavy atom. The van der Waals surface area contributed by atoms with E-state index in [0.29, 0.717) is 38.3 Å². The van der Waals surface area contributed by atoms with Crippen LogP contribution in [0.25, 0.3) is 0 Å². The van der Waals surface area contributed by atoms with Crippen LogP contribution in [-0.2, 0) is 16.6 Å². The number of nitrogens with zero attached hydrogens (tertiary/aromatic N) is 2. The molecule has 0 atom stereocenters. The molecule has 1 amide bonds. The van der Waals surface area contributed by atoms with Crippen LogP contribution in [0.3, 0.4) is 0 Å². The summed E-state index contributed by atoms with van der Waals surface area (Å²) >= 11 is 0. The van der Waals surface area contributed by atoms with E-state index in [0.717, 1.165) is 11.3 Å². The Morgan fingerprint density at radius 2 is 1.73 bits per heavy atom. The number of ether oxygens (including phenoxy) is 1. The van der Waals surface area contributed by atoms with Crippen molar-refractivity contribution in [2.45, 2.75) is 31.4 Å². The van der Waals surface area contributed by atoms with Crippen molar-refractivity contribution in [3.8, 4) is 5.75 Å². The highest BCUT2D eigenvalue weighted by Gasteiger charge is 2.27. The third kappa shape index (κ3) is 5.59. The molecule has 1 fully saturated rings. The summed E-state index contributed by atoms with van der Waals surface area (Å²) in [6.45, 7) is 6.56. The minimum absolute atomic E-state index is 0.102. The molecule has 1 N–H and O–H groups in total. The molecule has 1 aliphatic heterocycles. The molecule has 2 aromatic carbocycles. The van der Waals surface area contributed by atoms with Gasteiger partial charge in [-0.1, -0.05) is 18.2 Å². The van der Waals surface area contributed by atoms with E-state index in [1.807, 2.05) is 45.2 Å². The van der Waals surface area contributed by atoms with Gasteiger partial charge in [-0.25, -0.2) is 8.42 Å². The molecule has 2 aromatic rings. The van der Waals surface area contributed by atoms with E-state index in [4.69, 9.17) is 4.74 Å². The fraction of sp³-hybridized carbons (Fsp3) is 0.409. The Kier molecular flexibility index (Phi) is 7.12. The largest absolute Gasteiger partial charge is 0.491 e. The molecule has 3 rings (SSSR count). The fourth-order valence-corrected chi connectivity index (χ4v) is 4.69. The summed E-state index contributed by atoms with van der Waals surface area (Å²) < 4.78 is 32.9. The van der Waals surface area contributed by atoms with E-state index in [9.17, 15) is 13.2 Å². The van der Waals surface area contributed by atoms with E-state index in [1.165, 1.54) is 16.4 Å². The maximum absolute atomic E-state index is 12.9. The summed E-state index contributed by atoms with van der Waals surface area (Å²) in [6.07, 6.45) is 0.102. The van der Waals surface area contributed by atoms with Gasteiger partial charge >= 0.3 is 0 Å². The lowest BCUT2D eigenvalue weighted by Crippen LogP contribution is -2.47. The normalized spacial score (nSPS) is 15.9. The first-order valence-corrected chi connectivity index (χ1v) is 11.5. The number of likely N-dealkylation sites (N-methyl/N-ethyl adjacent to an activating group) is 1. The maximum atomic E-state index is 12.9. The molecule has 0 saturated carbocycles. The second kappa shape index (κ2) is 9.59. The minimum Gasteiger partial charge on any atom is -0.491 e. The summed E-state index contributed by atoms with van der Waals surface area (Å²) in [4.78, 5) is 14.8. The van der Waals surface area contributed by atoms with Gasteiger partial charge in [0, 0.05) is 38.3 Å². The first kappa shape index (κ1) is 22.3. The van der Waals surface area contributed by atoms with Crippen molar-refractivity contribution >= 4 is 15.9 Å². The summed E-state index contributed by atoms with van der Waals surface area (Å²) in [5, 5.41) is 2.84. The zero-order valence-electron chi connectivity index (χ0n) is 17.7. The van der Waals surface area contributed by atoms with Crippen LogP contribution in [0.15, 0.2) is 53.4 Å². The molecular formula is C22H29N3O4S. The number of piperazine rings is 1. The van der Waals surface area contributed by atoms with Crippen molar-refractivity contribution < 1.29 is 17.9 Å². The van der Waals surface area contributed by atoms with Crippen molar-refractivity contribution in [1.82, 2.24) is 14.5 Å². The highest BCUT2D eigenvalue weighted by atomic mass is 32.2. The molecule has 0 spiro atoms. The number of benzene rings is 2. The lowest BCUT2D eigenvalue weighted by Gasteiger charge is -2.31. The van der Waals surface area contributed by atoms with Gasteiger partial charge in [-0.2, -0.15) is 4.31 Å². The second-order valence-electron chi connectivity index (χ2n) is 7.73. The Balaban J connectivity index is 1.64. The number of hydrogen-bond donors (Lipinski definition) is 1. The summed E-state index contributed by atoms with van der Waals surface area (Å²) in [5.41, 5.74) is 1.26. The van der Waals surface area contributed by atoms with Crippen molar-refractivity contribution in [1.29, 1.82) is 0 Å². The Morgan fingerprint density at radius 1 is 1.07 bits per heavy atom. The lowest BCUT2D eigenvalue weighted by atomic mass is 10.2. The predicted molar refractivity (Wildman–Crippen MR) is 116 cm³/mol. The highest BCUT2D eigenvalue weighted by Crippen LogP contribution is 2.19. The smallest absolute Gasteiger partial charge is 0.251 e. The average molecular weight is 432 g/mol. The molecule has 30 heavy (non-hydrogen) atoms. The van der Waals surface area contributed by atoms with Crippen LogP contribution >= 0.6 is 0 Å². The third-order valence-corrected chi connectivity index (χ3v) is 6.84. The van der Waals surface area contributed by atoms with Gasteiger partial charge in [-0.05, 0) is 56.8 Å². The summed E-state index contributed by atoms with van der Waals surface area (Å²) in [5.74, 6) is 0.467. The van der Waals surface area contributed by atoms with Crippen molar-refractivity contribution in [3.63, 3.8) is 0 Å². The Bertz CT molecular complexity index is 966. The van der Waals surface area contributed by atoms with Crippen molar-refractivity contribution in [2.24, 2.45) is 0 Å². The second-order valence-corrected chi connectivity index (χ2v) is 9.67. The Labute approximate surface area is 178 Å². The van der Waals surface area contributed by atoms with Gasteiger partial charge < -0.3 is 15.0 Å². The standard InChI is InChI=1S/C22H29N3O4S/c1-17(2)29-20-9-7-18(8-10-20)16-23-22(26)19-5-4-6-21(15-19)30(27,28)25-13-11-24(3)12-14-25/h4-10,15,17H,11-14,16H2,1-3H3,(H,23,26). The number of carbonyl (C=O) groups is 1. The first-order chi connectivity index (χ1) is 14.3. The number of nitrogens with one attached hydrogen (secondary N) is 1. The molecule has 0 aromatic heterocycles. The monoisotopic (exact) mass is 431 g/mol. The van der Waals surface area contributed by atoms with E-state index >= 15 is 0 Å². The zero-order valence-corrected chi connectivity index (χ0v) is 18.5. The number of amides is 1. The minimum atomic E-state index is -3.61. The number of hydrogen-bond acceptors (Lipinski definition) is 5. The maximum Gasteiger partial charge on any atom is 0.251 e. The van der Waals surface area contributed by atoms with E-state index in [-0.39, 0.29) is 16.9 Å². The fourth-order valence-electron chi connectivity index (χ4n) is 3.22. The summed E-state index contributed by atoms with van der Waals surface area (Å²) in [7, 11) is -1.64. The van der Waals surface area contributed by atoms with Crippen LogP contribution in [0.4, 0.5) is 0 Å². The summed E-state index contributed by atoms with van der Waals surface area (Å²) in [6, 6.07) is 13.7. The molecule has 1 aliphatic rings.